The highest BCUT2D eigenvalue weighted by Crippen LogP contribution is 2.26. The van der Waals surface area contributed by atoms with E-state index in [0.717, 1.165) is 5.75 Å². The maximum absolute atomic E-state index is 12.2. The van der Waals surface area contributed by atoms with Crippen molar-refractivity contribution in [3.05, 3.63) is 78.4 Å². The van der Waals surface area contributed by atoms with Crippen molar-refractivity contribution in [3.63, 3.8) is 0 Å². The molecule has 3 aromatic carbocycles. The molecule has 2 N–H and O–H groups in total. The Morgan fingerprint density at radius 3 is 2.00 bits per heavy atom. The van der Waals surface area contributed by atoms with E-state index in [0.29, 0.717) is 17.2 Å². The number of hydrogen-bond donors (Lipinski definition) is 2. The Labute approximate surface area is 158 Å². The molecule has 1 amide bonds. The van der Waals surface area contributed by atoms with E-state index >= 15 is 0 Å². The van der Waals surface area contributed by atoms with Crippen molar-refractivity contribution in [2.45, 2.75) is 20.0 Å². The maximum Gasteiger partial charge on any atom is 0.259 e. The summed E-state index contributed by atoms with van der Waals surface area (Å²) >= 11 is 0. The SMILES string of the molecule is CC(C)Oc1ccc(Oc2ccc(NC(=O)c3ccccc3O)cc2)cc1. The van der Waals surface area contributed by atoms with E-state index in [1.807, 2.05) is 38.1 Å². The van der Waals surface area contributed by atoms with Crippen molar-refractivity contribution in [1.82, 2.24) is 0 Å². The normalized spacial score (nSPS) is 10.5. The van der Waals surface area contributed by atoms with Crippen molar-refractivity contribution in [3.8, 4) is 23.0 Å². The van der Waals surface area contributed by atoms with Crippen LogP contribution in [0, 0.1) is 0 Å². The van der Waals surface area contributed by atoms with Gasteiger partial charge in [-0.3, -0.25) is 4.79 Å². The number of rotatable bonds is 6. The number of anilines is 1. The summed E-state index contributed by atoms with van der Waals surface area (Å²) in [6.07, 6.45) is 0.123. The first-order chi connectivity index (χ1) is 13.0. The third-order valence-electron chi connectivity index (χ3n) is 3.69. The van der Waals surface area contributed by atoms with Crippen molar-refractivity contribution >= 4 is 11.6 Å². The van der Waals surface area contributed by atoms with Gasteiger partial charge in [0.2, 0.25) is 0 Å². The number of hydrogen-bond acceptors (Lipinski definition) is 4. The molecule has 0 aliphatic carbocycles. The highest BCUT2D eigenvalue weighted by atomic mass is 16.5. The van der Waals surface area contributed by atoms with Gasteiger partial charge in [0.25, 0.3) is 5.91 Å². The molecular formula is C22H21NO4. The number of benzene rings is 3. The van der Waals surface area contributed by atoms with Crippen LogP contribution >= 0.6 is 0 Å². The molecule has 0 radical (unpaired) electrons. The van der Waals surface area contributed by atoms with E-state index in [9.17, 15) is 9.90 Å². The van der Waals surface area contributed by atoms with E-state index in [1.54, 1.807) is 42.5 Å². The molecule has 0 aliphatic heterocycles. The number of para-hydroxylation sites is 1. The molecule has 0 aliphatic rings. The Morgan fingerprint density at radius 1 is 0.852 bits per heavy atom. The molecule has 0 atom stereocenters. The number of carbonyl (C=O) groups is 1. The molecule has 27 heavy (non-hydrogen) atoms. The largest absolute Gasteiger partial charge is 0.507 e. The first kappa shape index (κ1) is 18.3. The third-order valence-corrected chi connectivity index (χ3v) is 3.69. The Bertz CT molecular complexity index is 902. The van der Waals surface area contributed by atoms with Gasteiger partial charge in [-0.05, 0) is 74.5 Å². The Balaban J connectivity index is 1.62. The van der Waals surface area contributed by atoms with Crippen molar-refractivity contribution in [2.24, 2.45) is 0 Å². The first-order valence-electron chi connectivity index (χ1n) is 8.65. The van der Waals surface area contributed by atoms with Crippen molar-refractivity contribution in [1.29, 1.82) is 0 Å². The fourth-order valence-electron chi connectivity index (χ4n) is 2.46. The minimum atomic E-state index is -0.373. The smallest absolute Gasteiger partial charge is 0.259 e. The fraction of sp³-hybridized carbons (Fsp3) is 0.136. The molecule has 0 unspecified atom stereocenters. The third kappa shape index (κ3) is 5.01. The first-order valence-corrected chi connectivity index (χ1v) is 8.65. The molecule has 0 aromatic heterocycles. The van der Waals surface area contributed by atoms with Crippen LogP contribution in [-0.4, -0.2) is 17.1 Å². The summed E-state index contributed by atoms with van der Waals surface area (Å²) in [4.78, 5) is 12.2. The van der Waals surface area contributed by atoms with Gasteiger partial charge < -0.3 is 19.9 Å². The average Bonchev–Trinajstić information content (AvgIpc) is 2.65. The van der Waals surface area contributed by atoms with Gasteiger partial charge in [0.15, 0.2) is 0 Å². The molecule has 0 fully saturated rings. The highest BCUT2D eigenvalue weighted by Gasteiger charge is 2.10. The van der Waals surface area contributed by atoms with E-state index in [4.69, 9.17) is 9.47 Å². The molecule has 0 bridgehead atoms. The van der Waals surface area contributed by atoms with Crippen LogP contribution in [0.25, 0.3) is 0 Å². The van der Waals surface area contributed by atoms with Gasteiger partial charge in [-0.15, -0.1) is 0 Å². The Hall–Kier alpha value is -3.47. The van der Waals surface area contributed by atoms with Gasteiger partial charge in [-0.2, -0.15) is 0 Å². The zero-order valence-corrected chi connectivity index (χ0v) is 15.2. The van der Waals surface area contributed by atoms with Gasteiger partial charge in [-0.1, -0.05) is 12.1 Å². The predicted octanol–water partition coefficient (Wildman–Crippen LogP) is 5.22. The summed E-state index contributed by atoms with van der Waals surface area (Å²) in [6.45, 7) is 3.95. The standard InChI is InChI=1S/C22H21NO4/c1-15(2)26-17-11-13-19(14-12-17)27-18-9-7-16(8-10-18)23-22(25)20-5-3-4-6-21(20)24/h3-15,24H,1-2H3,(H,23,25). The maximum atomic E-state index is 12.2. The van der Waals surface area contributed by atoms with Crippen LogP contribution in [0.1, 0.15) is 24.2 Å². The minimum absolute atomic E-state index is 0.0557. The zero-order chi connectivity index (χ0) is 19.2. The second kappa shape index (κ2) is 8.27. The van der Waals surface area contributed by atoms with E-state index < -0.39 is 0 Å². The van der Waals surface area contributed by atoms with Crippen LogP contribution in [0.4, 0.5) is 5.69 Å². The van der Waals surface area contributed by atoms with E-state index in [1.165, 1.54) is 6.07 Å². The average molecular weight is 363 g/mol. The van der Waals surface area contributed by atoms with Crippen LogP contribution in [0.3, 0.4) is 0 Å². The topological polar surface area (TPSA) is 67.8 Å². The van der Waals surface area contributed by atoms with Gasteiger partial charge >= 0.3 is 0 Å². The number of aromatic hydroxyl groups is 1. The monoisotopic (exact) mass is 363 g/mol. The summed E-state index contributed by atoms with van der Waals surface area (Å²) in [5, 5.41) is 12.5. The van der Waals surface area contributed by atoms with Crippen LogP contribution < -0.4 is 14.8 Å². The number of carbonyl (C=O) groups excluding carboxylic acids is 1. The lowest BCUT2D eigenvalue weighted by Gasteiger charge is -2.11. The Kier molecular flexibility index (Phi) is 5.61. The molecule has 3 rings (SSSR count). The summed E-state index contributed by atoms with van der Waals surface area (Å²) < 4.78 is 11.4. The fourth-order valence-corrected chi connectivity index (χ4v) is 2.46. The quantitative estimate of drug-likeness (QED) is 0.630. The minimum Gasteiger partial charge on any atom is -0.507 e. The molecule has 138 valence electrons. The molecule has 5 nitrogen and oxygen atoms in total. The van der Waals surface area contributed by atoms with Crippen LogP contribution in [0.5, 0.6) is 23.0 Å². The van der Waals surface area contributed by atoms with E-state index in [-0.39, 0.29) is 23.3 Å². The van der Waals surface area contributed by atoms with Gasteiger partial charge in [0.05, 0.1) is 11.7 Å². The summed E-state index contributed by atoms with van der Waals surface area (Å²) in [7, 11) is 0. The molecule has 0 saturated carbocycles. The van der Waals surface area contributed by atoms with Gasteiger partial charge in [-0.25, -0.2) is 0 Å². The molecule has 0 saturated heterocycles. The summed E-state index contributed by atoms with van der Waals surface area (Å²) in [5.41, 5.74) is 0.831. The lowest BCUT2D eigenvalue weighted by molar-refractivity contribution is 0.102. The van der Waals surface area contributed by atoms with Crippen LogP contribution in [0.2, 0.25) is 0 Å². The Morgan fingerprint density at radius 2 is 1.41 bits per heavy atom. The molecule has 0 spiro atoms. The highest BCUT2D eigenvalue weighted by molar-refractivity contribution is 6.06. The van der Waals surface area contributed by atoms with Crippen LogP contribution in [-0.2, 0) is 0 Å². The van der Waals surface area contributed by atoms with Gasteiger partial charge in [0, 0.05) is 5.69 Å². The van der Waals surface area contributed by atoms with Crippen molar-refractivity contribution in [2.75, 3.05) is 5.32 Å². The number of nitrogens with one attached hydrogen (secondary N) is 1. The zero-order valence-electron chi connectivity index (χ0n) is 15.2. The lowest BCUT2D eigenvalue weighted by atomic mass is 10.2. The molecule has 5 heteroatoms. The molecular weight excluding hydrogens is 342 g/mol. The van der Waals surface area contributed by atoms with E-state index in [2.05, 4.69) is 5.32 Å². The van der Waals surface area contributed by atoms with Crippen molar-refractivity contribution < 1.29 is 19.4 Å². The van der Waals surface area contributed by atoms with Gasteiger partial charge in [0.1, 0.15) is 23.0 Å². The van der Waals surface area contributed by atoms with Crippen LogP contribution in [0.15, 0.2) is 72.8 Å². The lowest BCUT2D eigenvalue weighted by Crippen LogP contribution is -2.11. The number of ether oxygens (including phenoxy) is 2. The predicted molar refractivity (Wildman–Crippen MR) is 105 cm³/mol. The number of amides is 1. The molecule has 0 heterocycles. The second-order valence-corrected chi connectivity index (χ2v) is 6.24. The number of phenols is 1. The second-order valence-electron chi connectivity index (χ2n) is 6.24. The summed E-state index contributed by atoms with van der Waals surface area (Å²) in [6, 6.07) is 20.8. The summed E-state index contributed by atoms with van der Waals surface area (Å²) in [5.74, 6) is 1.70. The molecule has 3 aromatic rings. The number of phenolic OH excluding ortho intramolecular Hbond substituents is 1.